The number of carbonyl (C=O) groups is 2. The van der Waals surface area contributed by atoms with Gasteiger partial charge in [-0.2, -0.15) is 0 Å². The molecule has 0 fully saturated rings. The van der Waals surface area contributed by atoms with Crippen LogP contribution in [0.1, 0.15) is 10.4 Å². The number of para-hydroxylation sites is 1. The molecule has 2 heterocycles. The molecule has 0 atom stereocenters. The van der Waals surface area contributed by atoms with E-state index in [0.29, 0.717) is 5.56 Å². The van der Waals surface area contributed by atoms with Gasteiger partial charge in [-0.3, -0.25) is 9.59 Å². The Kier molecular flexibility index (Phi) is 4.93. The number of likely N-dealkylation sites (N-methyl/N-ethyl adjacent to an activating group) is 1. The van der Waals surface area contributed by atoms with Gasteiger partial charge < -0.3 is 19.5 Å². The van der Waals surface area contributed by atoms with Gasteiger partial charge in [0.15, 0.2) is 0 Å². The molecule has 26 heavy (non-hydrogen) atoms. The molecule has 0 aliphatic rings. The van der Waals surface area contributed by atoms with Gasteiger partial charge in [-0.1, -0.05) is 18.2 Å². The smallest absolute Gasteiger partial charge is 0.253 e. The average Bonchev–Trinajstić information content (AvgIpc) is 3.08. The van der Waals surface area contributed by atoms with E-state index in [1.165, 1.54) is 4.90 Å². The quantitative estimate of drug-likeness (QED) is 0.769. The maximum atomic E-state index is 12.4. The Morgan fingerprint density at radius 1 is 0.962 bits per heavy atom. The number of carbonyl (C=O) groups excluding carboxylic acids is 2. The van der Waals surface area contributed by atoms with Gasteiger partial charge in [0.05, 0.1) is 12.1 Å². The summed E-state index contributed by atoms with van der Waals surface area (Å²) >= 11 is 0. The largest absolute Gasteiger partial charge is 0.347 e. The predicted molar refractivity (Wildman–Crippen MR) is 103 cm³/mol. The summed E-state index contributed by atoms with van der Waals surface area (Å²) in [7, 11) is 5.30. The van der Waals surface area contributed by atoms with Crippen molar-refractivity contribution in [2.45, 2.75) is 0 Å². The number of anilines is 2. The van der Waals surface area contributed by atoms with Crippen molar-refractivity contribution in [3.63, 3.8) is 0 Å². The van der Waals surface area contributed by atoms with Crippen LogP contribution in [0.4, 0.5) is 11.5 Å². The third kappa shape index (κ3) is 3.54. The second-order valence-corrected chi connectivity index (χ2v) is 6.27. The van der Waals surface area contributed by atoms with Gasteiger partial charge in [0.1, 0.15) is 5.82 Å². The second kappa shape index (κ2) is 7.31. The van der Waals surface area contributed by atoms with Crippen molar-refractivity contribution in [1.82, 2.24) is 14.6 Å². The van der Waals surface area contributed by atoms with Gasteiger partial charge in [-0.15, -0.1) is 0 Å². The summed E-state index contributed by atoms with van der Waals surface area (Å²) < 4.78 is 1.97. The summed E-state index contributed by atoms with van der Waals surface area (Å²) in [6, 6.07) is 17.7. The molecule has 3 aromatic rings. The van der Waals surface area contributed by atoms with Crippen LogP contribution in [0.25, 0.3) is 5.52 Å². The molecular weight excluding hydrogens is 328 g/mol. The van der Waals surface area contributed by atoms with Crippen LogP contribution < -0.4 is 10.2 Å². The zero-order chi connectivity index (χ0) is 18.7. The molecule has 0 aliphatic carbocycles. The SMILES string of the molecule is CN(C)C(=O)CNC(=O)c1ccc2ccc(N(C)c3ccccc3)n2c1. The maximum absolute atomic E-state index is 12.4. The summed E-state index contributed by atoms with van der Waals surface area (Å²) in [5, 5.41) is 2.66. The average molecular weight is 350 g/mol. The molecule has 0 saturated heterocycles. The lowest BCUT2D eigenvalue weighted by atomic mass is 10.2. The fourth-order valence-corrected chi connectivity index (χ4v) is 2.69. The number of benzene rings is 1. The van der Waals surface area contributed by atoms with Crippen molar-refractivity contribution in [2.75, 3.05) is 32.6 Å². The van der Waals surface area contributed by atoms with E-state index in [9.17, 15) is 9.59 Å². The van der Waals surface area contributed by atoms with Crippen LogP contribution in [0.15, 0.2) is 60.8 Å². The standard InChI is InChI=1S/C20H22N4O2/c1-22(2)19(25)13-21-20(26)15-9-10-17-11-12-18(24(17)14-15)23(3)16-7-5-4-6-8-16/h4-12,14H,13H2,1-3H3,(H,21,26). The van der Waals surface area contributed by atoms with Crippen LogP contribution in [0.3, 0.4) is 0 Å². The molecule has 2 aromatic heterocycles. The Balaban J connectivity index is 1.86. The number of rotatable bonds is 5. The molecule has 0 unspecified atom stereocenters. The number of aromatic nitrogens is 1. The van der Waals surface area contributed by atoms with E-state index in [4.69, 9.17) is 0 Å². The van der Waals surface area contributed by atoms with Gasteiger partial charge in [-0.25, -0.2) is 0 Å². The lowest BCUT2D eigenvalue weighted by Crippen LogP contribution is -2.36. The van der Waals surface area contributed by atoms with Crippen LogP contribution in [-0.2, 0) is 4.79 Å². The van der Waals surface area contributed by atoms with Crippen molar-refractivity contribution in [1.29, 1.82) is 0 Å². The normalized spacial score (nSPS) is 10.6. The molecule has 0 aliphatic heterocycles. The zero-order valence-corrected chi connectivity index (χ0v) is 15.1. The zero-order valence-electron chi connectivity index (χ0n) is 15.1. The molecule has 0 radical (unpaired) electrons. The first kappa shape index (κ1) is 17.5. The fourth-order valence-electron chi connectivity index (χ4n) is 2.69. The number of hydrogen-bond acceptors (Lipinski definition) is 3. The number of nitrogens with one attached hydrogen (secondary N) is 1. The molecule has 1 aromatic carbocycles. The van der Waals surface area contributed by atoms with E-state index in [2.05, 4.69) is 10.2 Å². The molecule has 1 N–H and O–H groups in total. The summed E-state index contributed by atoms with van der Waals surface area (Å²) in [5.41, 5.74) is 2.55. The number of pyridine rings is 1. The van der Waals surface area contributed by atoms with Crippen LogP contribution in [-0.4, -0.2) is 48.8 Å². The lowest BCUT2D eigenvalue weighted by molar-refractivity contribution is -0.127. The highest BCUT2D eigenvalue weighted by molar-refractivity contribution is 5.96. The molecular formula is C20H22N4O2. The molecule has 2 amide bonds. The van der Waals surface area contributed by atoms with Gasteiger partial charge in [-0.05, 0) is 36.4 Å². The van der Waals surface area contributed by atoms with Gasteiger partial charge in [0.2, 0.25) is 5.91 Å². The molecule has 0 spiro atoms. The van der Waals surface area contributed by atoms with E-state index < -0.39 is 0 Å². The first-order chi connectivity index (χ1) is 12.5. The van der Waals surface area contributed by atoms with E-state index in [1.807, 2.05) is 60.0 Å². The number of hydrogen-bond donors (Lipinski definition) is 1. The number of nitrogens with zero attached hydrogens (tertiary/aromatic N) is 3. The van der Waals surface area contributed by atoms with Crippen molar-refractivity contribution in [3.05, 3.63) is 66.4 Å². The van der Waals surface area contributed by atoms with E-state index in [1.54, 1.807) is 26.4 Å². The lowest BCUT2D eigenvalue weighted by Gasteiger charge is -2.19. The molecule has 6 heteroatoms. The van der Waals surface area contributed by atoms with Crippen molar-refractivity contribution in [3.8, 4) is 0 Å². The minimum Gasteiger partial charge on any atom is -0.347 e. The third-order valence-corrected chi connectivity index (χ3v) is 4.28. The maximum Gasteiger partial charge on any atom is 0.253 e. The fraction of sp³-hybridized carbons (Fsp3) is 0.200. The Labute approximate surface area is 152 Å². The molecule has 6 nitrogen and oxygen atoms in total. The first-order valence-electron chi connectivity index (χ1n) is 8.35. The highest BCUT2D eigenvalue weighted by Crippen LogP contribution is 2.26. The van der Waals surface area contributed by atoms with Crippen LogP contribution in [0.2, 0.25) is 0 Å². The Morgan fingerprint density at radius 3 is 2.35 bits per heavy atom. The van der Waals surface area contributed by atoms with E-state index >= 15 is 0 Å². The van der Waals surface area contributed by atoms with Crippen molar-refractivity contribution in [2.24, 2.45) is 0 Å². The number of fused-ring (bicyclic) bond motifs is 1. The number of amides is 2. The first-order valence-corrected chi connectivity index (χ1v) is 8.35. The summed E-state index contributed by atoms with van der Waals surface area (Å²) in [6.45, 7) is -0.0215. The van der Waals surface area contributed by atoms with Crippen molar-refractivity contribution < 1.29 is 9.59 Å². The highest BCUT2D eigenvalue weighted by atomic mass is 16.2. The molecule has 3 rings (SSSR count). The Hall–Kier alpha value is -3.28. The van der Waals surface area contributed by atoms with E-state index in [-0.39, 0.29) is 18.4 Å². The van der Waals surface area contributed by atoms with Gasteiger partial charge >= 0.3 is 0 Å². The minimum absolute atomic E-state index is 0.0215. The minimum atomic E-state index is -0.274. The topological polar surface area (TPSA) is 57.1 Å². The van der Waals surface area contributed by atoms with E-state index in [0.717, 1.165) is 17.0 Å². The van der Waals surface area contributed by atoms with Gasteiger partial charge in [0, 0.05) is 38.5 Å². The Morgan fingerprint density at radius 2 is 1.65 bits per heavy atom. The summed E-state index contributed by atoms with van der Waals surface area (Å²) in [6.07, 6.45) is 1.79. The van der Waals surface area contributed by atoms with Gasteiger partial charge in [0.25, 0.3) is 5.91 Å². The summed E-state index contributed by atoms with van der Waals surface area (Å²) in [5.74, 6) is 0.527. The second-order valence-electron chi connectivity index (χ2n) is 6.27. The van der Waals surface area contributed by atoms with Crippen LogP contribution in [0, 0.1) is 0 Å². The molecule has 134 valence electrons. The Bertz CT molecular complexity index is 931. The molecule has 0 bridgehead atoms. The van der Waals surface area contributed by atoms with Crippen LogP contribution >= 0.6 is 0 Å². The monoisotopic (exact) mass is 350 g/mol. The molecule has 0 saturated carbocycles. The predicted octanol–water partition coefficient (Wildman–Crippen LogP) is 2.53. The van der Waals surface area contributed by atoms with Crippen LogP contribution in [0.5, 0.6) is 0 Å². The van der Waals surface area contributed by atoms with Crippen molar-refractivity contribution >= 4 is 28.8 Å². The summed E-state index contributed by atoms with van der Waals surface area (Å²) in [4.78, 5) is 27.5. The highest BCUT2D eigenvalue weighted by Gasteiger charge is 2.13. The third-order valence-electron chi connectivity index (χ3n) is 4.28.